The van der Waals surface area contributed by atoms with Crippen molar-refractivity contribution >= 4 is 17.5 Å². The second-order valence-electron chi connectivity index (χ2n) is 8.28. The normalized spacial score (nSPS) is 14.3. The molecule has 168 valence electrons. The molecule has 0 saturated carbocycles. The minimum absolute atomic E-state index is 0.117. The summed E-state index contributed by atoms with van der Waals surface area (Å²) in [5.41, 5.74) is 4.84. The molecule has 1 saturated heterocycles. The van der Waals surface area contributed by atoms with Gasteiger partial charge in [-0.25, -0.2) is 0 Å². The molecule has 3 aromatic rings. The van der Waals surface area contributed by atoms with Crippen LogP contribution in [-0.4, -0.2) is 42.5 Å². The molecule has 0 radical (unpaired) electrons. The molecule has 0 bridgehead atoms. The lowest BCUT2D eigenvalue weighted by Crippen LogP contribution is -2.29. The van der Waals surface area contributed by atoms with Gasteiger partial charge in [0.15, 0.2) is 0 Å². The lowest BCUT2D eigenvalue weighted by atomic mass is 10.0. The van der Waals surface area contributed by atoms with E-state index in [1.54, 1.807) is 13.2 Å². The van der Waals surface area contributed by atoms with E-state index in [1.807, 2.05) is 36.4 Å². The number of amides is 1. The Kier molecular flexibility index (Phi) is 7.51. The predicted molar refractivity (Wildman–Crippen MR) is 129 cm³/mol. The number of ether oxygens (including phenoxy) is 1. The Morgan fingerprint density at radius 3 is 2.59 bits per heavy atom. The molecule has 1 amide bonds. The van der Waals surface area contributed by atoms with E-state index < -0.39 is 0 Å². The Morgan fingerprint density at radius 2 is 1.84 bits per heavy atom. The summed E-state index contributed by atoms with van der Waals surface area (Å²) in [6.07, 6.45) is 4.63. The van der Waals surface area contributed by atoms with Crippen molar-refractivity contribution in [3.05, 3.63) is 76.4 Å². The number of hydrogen-bond donors (Lipinski definition) is 2. The number of piperidine rings is 1. The van der Waals surface area contributed by atoms with Gasteiger partial charge in [-0.05, 0) is 79.4 Å². The zero-order valence-corrected chi connectivity index (χ0v) is 19.3. The van der Waals surface area contributed by atoms with Gasteiger partial charge in [0.2, 0.25) is 0 Å². The Morgan fingerprint density at radius 1 is 1.06 bits per heavy atom. The summed E-state index contributed by atoms with van der Waals surface area (Å²) in [5, 5.41) is 3.70. The number of rotatable bonds is 8. The quantitative estimate of drug-likeness (QED) is 0.488. The topological polar surface area (TPSA) is 57.4 Å². The molecule has 0 unspecified atom stereocenters. The van der Waals surface area contributed by atoms with Gasteiger partial charge in [-0.3, -0.25) is 9.69 Å². The van der Waals surface area contributed by atoms with E-state index in [9.17, 15) is 4.79 Å². The summed E-state index contributed by atoms with van der Waals surface area (Å²) >= 11 is 5.96. The van der Waals surface area contributed by atoms with Crippen molar-refractivity contribution < 1.29 is 9.53 Å². The molecule has 0 atom stereocenters. The summed E-state index contributed by atoms with van der Waals surface area (Å²) in [6.45, 7) is 3.86. The Labute approximate surface area is 194 Å². The number of carbonyl (C=O) groups excluding carboxylic acids is 1. The molecule has 1 aliphatic rings. The number of methoxy groups -OCH3 is 1. The van der Waals surface area contributed by atoms with Crippen LogP contribution in [0, 0.1) is 0 Å². The number of H-pyrrole nitrogens is 1. The van der Waals surface area contributed by atoms with Crippen LogP contribution >= 0.6 is 11.6 Å². The van der Waals surface area contributed by atoms with Crippen molar-refractivity contribution in [2.24, 2.45) is 0 Å². The van der Waals surface area contributed by atoms with Gasteiger partial charge >= 0.3 is 0 Å². The molecule has 32 heavy (non-hydrogen) atoms. The maximum absolute atomic E-state index is 12.6. The van der Waals surface area contributed by atoms with Crippen LogP contribution in [0.4, 0.5) is 0 Å². The highest BCUT2D eigenvalue weighted by molar-refractivity contribution is 6.30. The Balaban J connectivity index is 1.34. The first kappa shape index (κ1) is 22.4. The van der Waals surface area contributed by atoms with Crippen LogP contribution < -0.4 is 10.1 Å². The van der Waals surface area contributed by atoms with Gasteiger partial charge in [0.1, 0.15) is 11.4 Å². The third-order valence-electron chi connectivity index (χ3n) is 5.97. The summed E-state index contributed by atoms with van der Waals surface area (Å²) in [6, 6.07) is 17.6. The highest BCUT2D eigenvalue weighted by Gasteiger charge is 2.13. The third-order valence-corrected chi connectivity index (χ3v) is 6.22. The molecule has 6 heteroatoms. The van der Waals surface area contributed by atoms with E-state index in [0.29, 0.717) is 23.7 Å². The number of carbonyl (C=O) groups is 1. The average molecular weight is 452 g/mol. The maximum Gasteiger partial charge on any atom is 0.267 e. The minimum atomic E-state index is -0.117. The van der Waals surface area contributed by atoms with Crippen molar-refractivity contribution in [3.8, 4) is 17.0 Å². The number of aromatic nitrogens is 1. The van der Waals surface area contributed by atoms with E-state index >= 15 is 0 Å². The van der Waals surface area contributed by atoms with Gasteiger partial charge in [-0.2, -0.15) is 0 Å². The second kappa shape index (κ2) is 10.7. The fourth-order valence-electron chi connectivity index (χ4n) is 4.23. The van der Waals surface area contributed by atoms with Gasteiger partial charge in [0.05, 0.1) is 7.11 Å². The van der Waals surface area contributed by atoms with E-state index in [2.05, 4.69) is 27.3 Å². The van der Waals surface area contributed by atoms with E-state index in [0.717, 1.165) is 29.1 Å². The van der Waals surface area contributed by atoms with Crippen molar-refractivity contribution in [1.29, 1.82) is 0 Å². The highest BCUT2D eigenvalue weighted by atomic mass is 35.5. The second-order valence-corrected chi connectivity index (χ2v) is 8.72. The number of halogens is 1. The summed E-state index contributed by atoms with van der Waals surface area (Å²) in [5.74, 6) is 0.750. The number of likely N-dealkylation sites (tertiary alicyclic amines) is 1. The van der Waals surface area contributed by atoms with Gasteiger partial charge in [-0.1, -0.05) is 42.3 Å². The smallest absolute Gasteiger partial charge is 0.267 e. The van der Waals surface area contributed by atoms with Gasteiger partial charge in [-0.15, -0.1) is 0 Å². The number of aromatic amines is 1. The molecular formula is C26H30ClN3O2. The first-order chi connectivity index (χ1) is 15.6. The lowest BCUT2D eigenvalue weighted by molar-refractivity contribution is 0.0949. The van der Waals surface area contributed by atoms with E-state index in [-0.39, 0.29) is 5.91 Å². The SMILES string of the molecule is COc1ccc(CN2CCCCC2)cc1CCNC(=O)c1ccc(-c2ccc(Cl)cc2)[nH]1. The van der Waals surface area contributed by atoms with Crippen LogP contribution in [-0.2, 0) is 13.0 Å². The van der Waals surface area contributed by atoms with Crippen LogP contribution in [0.5, 0.6) is 5.75 Å². The molecular weight excluding hydrogens is 422 g/mol. The number of benzene rings is 2. The van der Waals surface area contributed by atoms with Crippen LogP contribution in [0.3, 0.4) is 0 Å². The van der Waals surface area contributed by atoms with Crippen molar-refractivity contribution in [1.82, 2.24) is 15.2 Å². The lowest BCUT2D eigenvalue weighted by Gasteiger charge is -2.26. The first-order valence-corrected chi connectivity index (χ1v) is 11.6. The van der Waals surface area contributed by atoms with Crippen LogP contribution in [0.1, 0.15) is 40.9 Å². The van der Waals surface area contributed by atoms with Crippen molar-refractivity contribution in [3.63, 3.8) is 0 Å². The third kappa shape index (κ3) is 5.72. The van der Waals surface area contributed by atoms with Crippen LogP contribution in [0.25, 0.3) is 11.3 Å². The fraction of sp³-hybridized carbons (Fsp3) is 0.346. The van der Waals surface area contributed by atoms with E-state index in [4.69, 9.17) is 16.3 Å². The molecule has 4 rings (SSSR count). The molecule has 2 N–H and O–H groups in total. The van der Waals surface area contributed by atoms with Gasteiger partial charge in [0, 0.05) is 23.8 Å². The Hall–Kier alpha value is -2.76. The molecule has 0 spiro atoms. The number of hydrogen-bond acceptors (Lipinski definition) is 3. The molecule has 5 nitrogen and oxygen atoms in total. The summed E-state index contributed by atoms with van der Waals surface area (Å²) in [4.78, 5) is 18.3. The largest absolute Gasteiger partial charge is 0.496 e. The monoisotopic (exact) mass is 451 g/mol. The van der Waals surface area contributed by atoms with Crippen molar-refractivity contribution in [2.45, 2.75) is 32.2 Å². The molecule has 1 fully saturated rings. The fourth-order valence-corrected chi connectivity index (χ4v) is 4.36. The standard InChI is InChI=1S/C26H30ClN3O2/c1-32-25-12-5-19(18-30-15-3-2-4-16-30)17-21(25)13-14-28-26(31)24-11-10-23(29-24)20-6-8-22(27)9-7-20/h5-12,17,29H,2-4,13-16,18H2,1H3,(H,28,31). The maximum atomic E-state index is 12.6. The number of nitrogens with zero attached hydrogens (tertiary/aromatic N) is 1. The van der Waals surface area contributed by atoms with Crippen molar-refractivity contribution in [2.75, 3.05) is 26.7 Å². The first-order valence-electron chi connectivity index (χ1n) is 11.2. The molecule has 0 aliphatic carbocycles. The zero-order chi connectivity index (χ0) is 22.3. The van der Waals surface area contributed by atoms with Gasteiger partial charge in [0.25, 0.3) is 5.91 Å². The molecule has 2 heterocycles. The average Bonchev–Trinajstić information content (AvgIpc) is 3.31. The summed E-state index contributed by atoms with van der Waals surface area (Å²) < 4.78 is 5.55. The molecule has 1 aromatic heterocycles. The number of nitrogens with one attached hydrogen (secondary N) is 2. The minimum Gasteiger partial charge on any atom is -0.496 e. The summed E-state index contributed by atoms with van der Waals surface area (Å²) in [7, 11) is 1.69. The molecule has 1 aliphatic heterocycles. The van der Waals surface area contributed by atoms with Crippen LogP contribution in [0.15, 0.2) is 54.6 Å². The predicted octanol–water partition coefficient (Wildman–Crippen LogP) is 5.30. The van der Waals surface area contributed by atoms with Crippen LogP contribution in [0.2, 0.25) is 5.02 Å². The highest BCUT2D eigenvalue weighted by Crippen LogP contribution is 2.23. The Bertz CT molecular complexity index is 1040. The van der Waals surface area contributed by atoms with Gasteiger partial charge < -0.3 is 15.0 Å². The zero-order valence-electron chi connectivity index (χ0n) is 18.5. The molecule has 2 aromatic carbocycles. The van der Waals surface area contributed by atoms with E-state index in [1.165, 1.54) is 37.9 Å².